The highest BCUT2D eigenvalue weighted by atomic mass is 79.9. The smallest absolute Gasteiger partial charge is 0.146 e. The molecule has 0 unspecified atom stereocenters. The molecule has 0 aliphatic rings. The molecule has 0 spiro atoms. The van der Waals surface area contributed by atoms with Gasteiger partial charge in [-0.15, -0.1) is 9.94 Å². The number of imidazole rings is 1. The van der Waals surface area contributed by atoms with Crippen LogP contribution in [-0.2, 0) is 11.5 Å². The van der Waals surface area contributed by atoms with Crippen molar-refractivity contribution >= 4 is 47.0 Å². The second-order valence-corrected chi connectivity index (χ2v) is 19.3. The summed E-state index contributed by atoms with van der Waals surface area (Å²) in [5.74, 6) is 3.06. The number of ether oxygens (including phenoxy) is 1. The van der Waals surface area contributed by atoms with Gasteiger partial charge in [0.15, 0.2) is 0 Å². The zero-order valence-corrected chi connectivity index (χ0v) is 22.5. The molecule has 7 nitrogen and oxygen atoms in total. The van der Waals surface area contributed by atoms with Crippen molar-refractivity contribution in [2.75, 3.05) is 62.3 Å². The summed E-state index contributed by atoms with van der Waals surface area (Å²) < 4.78 is 8.83. The fraction of sp³-hybridized carbons (Fsp3) is 0.571. The molecule has 3 heterocycles. The zero-order valence-electron chi connectivity index (χ0n) is 19.3. The minimum atomic E-state index is -0.590. The van der Waals surface area contributed by atoms with Gasteiger partial charge in [-0.25, -0.2) is 30.0 Å². The molecular weight excluding hydrogens is 498 g/mol. The molecule has 31 heavy (non-hydrogen) atoms. The molecule has 0 bridgehead atoms. The standard InChI is InChI=1S/C21H34BrN5O2S2/c1-30(2,3)10-7-8-29-27-15-17(13-24-27)21-25-18-12-20(22)23-14-19(18)26(21)16-28-9-11-31(4,5)6/h12-15H,7-11,16H2,1-6H3. The van der Waals surface area contributed by atoms with Crippen LogP contribution >= 0.6 is 36.0 Å². The van der Waals surface area contributed by atoms with E-state index in [0.29, 0.717) is 13.3 Å². The Balaban J connectivity index is 1.75. The highest BCUT2D eigenvalue weighted by Gasteiger charge is 2.16. The van der Waals surface area contributed by atoms with Crippen molar-refractivity contribution in [3.8, 4) is 11.4 Å². The summed E-state index contributed by atoms with van der Waals surface area (Å²) >= 11 is 3.44. The Morgan fingerprint density at radius 2 is 1.74 bits per heavy atom. The first-order valence-electron chi connectivity index (χ1n) is 10.1. The fourth-order valence-electron chi connectivity index (χ4n) is 2.96. The predicted molar refractivity (Wildman–Crippen MR) is 139 cm³/mol. The van der Waals surface area contributed by atoms with Gasteiger partial charge in [0, 0.05) is 5.75 Å². The third kappa shape index (κ3) is 7.40. The maximum absolute atomic E-state index is 6.02. The van der Waals surface area contributed by atoms with Crippen LogP contribution in [0.3, 0.4) is 0 Å². The van der Waals surface area contributed by atoms with Crippen molar-refractivity contribution in [3.05, 3.63) is 29.3 Å². The van der Waals surface area contributed by atoms with E-state index < -0.39 is 20.1 Å². The molecule has 0 radical (unpaired) electrons. The Bertz CT molecular complexity index is 1010. The molecule has 3 aromatic rings. The average Bonchev–Trinajstić information content (AvgIpc) is 3.25. The second kappa shape index (κ2) is 10.1. The van der Waals surface area contributed by atoms with Crippen LogP contribution in [0.25, 0.3) is 22.4 Å². The van der Waals surface area contributed by atoms with Gasteiger partial charge >= 0.3 is 0 Å². The molecule has 0 aliphatic heterocycles. The van der Waals surface area contributed by atoms with Crippen molar-refractivity contribution in [1.82, 2.24) is 24.5 Å². The molecular formula is C21H34BrN5O2S2. The number of pyridine rings is 1. The molecule has 0 saturated heterocycles. The largest absolute Gasteiger partial charge is 0.397 e. The molecule has 3 rings (SSSR count). The number of halogens is 1. The molecule has 0 N–H and O–H groups in total. The van der Waals surface area contributed by atoms with Crippen LogP contribution in [0.5, 0.6) is 0 Å². The predicted octanol–water partition coefficient (Wildman–Crippen LogP) is 4.24. The minimum absolute atomic E-state index is 0.422. The monoisotopic (exact) mass is 531 g/mol. The first kappa shape index (κ1) is 24.4. The normalized spacial score (nSPS) is 13.6. The van der Waals surface area contributed by atoms with Gasteiger partial charge in [-0.1, -0.05) is 0 Å². The molecule has 0 amide bonds. The van der Waals surface area contributed by atoms with Gasteiger partial charge < -0.3 is 9.57 Å². The van der Waals surface area contributed by atoms with Crippen LogP contribution in [0.1, 0.15) is 6.42 Å². The lowest BCUT2D eigenvalue weighted by Crippen LogP contribution is -2.15. The Morgan fingerprint density at radius 1 is 1.00 bits per heavy atom. The van der Waals surface area contributed by atoms with Gasteiger partial charge in [-0.2, -0.15) is 0 Å². The van der Waals surface area contributed by atoms with Gasteiger partial charge in [0.2, 0.25) is 0 Å². The Morgan fingerprint density at radius 3 is 2.45 bits per heavy atom. The van der Waals surface area contributed by atoms with Gasteiger partial charge in [-0.05, 0) is 71.7 Å². The van der Waals surface area contributed by atoms with E-state index in [1.54, 1.807) is 6.20 Å². The minimum Gasteiger partial charge on any atom is -0.397 e. The summed E-state index contributed by atoms with van der Waals surface area (Å²) in [4.78, 5) is 16.5. The lowest BCUT2D eigenvalue weighted by atomic mass is 10.3. The summed E-state index contributed by atoms with van der Waals surface area (Å²) in [6.45, 7) is 1.79. The summed E-state index contributed by atoms with van der Waals surface area (Å²) in [6.07, 6.45) is 20.4. The van der Waals surface area contributed by atoms with Gasteiger partial charge in [-0.3, -0.25) is 4.57 Å². The molecule has 0 aliphatic carbocycles. The summed E-state index contributed by atoms with van der Waals surface area (Å²) in [6, 6.07) is 1.92. The first-order valence-corrected chi connectivity index (χ1v) is 17.0. The zero-order chi connectivity index (χ0) is 22.6. The Hall–Kier alpha value is -1.23. The van der Waals surface area contributed by atoms with Crippen molar-refractivity contribution in [3.63, 3.8) is 0 Å². The maximum atomic E-state index is 6.02. The van der Waals surface area contributed by atoms with Crippen LogP contribution in [0.4, 0.5) is 0 Å². The van der Waals surface area contributed by atoms with Gasteiger partial charge in [0.05, 0.1) is 41.8 Å². The fourth-order valence-corrected chi connectivity index (χ4v) is 4.88. The molecule has 10 heteroatoms. The Labute approximate surface area is 196 Å². The van der Waals surface area contributed by atoms with Crippen LogP contribution in [0.15, 0.2) is 29.3 Å². The lowest BCUT2D eigenvalue weighted by molar-refractivity contribution is 0.0833. The first-order chi connectivity index (χ1) is 14.5. The SMILES string of the molecule is CS(C)(C)CCCOn1cc(-c2nc3cc(Br)ncc3n2COCCS(C)(C)C)cn1. The lowest BCUT2D eigenvalue weighted by Gasteiger charge is -2.24. The van der Waals surface area contributed by atoms with E-state index in [-0.39, 0.29) is 0 Å². The third-order valence-corrected chi connectivity index (χ3v) is 7.94. The van der Waals surface area contributed by atoms with E-state index >= 15 is 0 Å². The van der Waals surface area contributed by atoms with Crippen LogP contribution in [0.2, 0.25) is 0 Å². The number of aromatic nitrogens is 5. The number of hydrogen-bond acceptors (Lipinski definition) is 5. The molecule has 3 aromatic heterocycles. The molecule has 0 atom stereocenters. The van der Waals surface area contributed by atoms with Crippen molar-refractivity contribution in [2.24, 2.45) is 0 Å². The average molecular weight is 533 g/mol. The second-order valence-electron chi connectivity index (χ2n) is 9.30. The highest BCUT2D eigenvalue weighted by Crippen LogP contribution is 2.35. The molecule has 0 saturated carbocycles. The van der Waals surface area contributed by atoms with E-state index in [9.17, 15) is 0 Å². The summed E-state index contributed by atoms with van der Waals surface area (Å²) in [5.41, 5.74) is 2.69. The van der Waals surface area contributed by atoms with Crippen LogP contribution in [-0.4, -0.2) is 86.7 Å². The van der Waals surface area contributed by atoms with E-state index in [4.69, 9.17) is 14.6 Å². The van der Waals surface area contributed by atoms with Crippen molar-refractivity contribution < 1.29 is 9.57 Å². The summed E-state index contributed by atoms with van der Waals surface area (Å²) in [7, 11) is -1.10. The van der Waals surface area contributed by atoms with Crippen molar-refractivity contribution in [2.45, 2.75) is 13.2 Å². The number of fused-ring (bicyclic) bond motifs is 1. The van der Waals surface area contributed by atoms with E-state index in [2.05, 4.69) is 68.1 Å². The van der Waals surface area contributed by atoms with Crippen molar-refractivity contribution in [1.29, 1.82) is 0 Å². The number of rotatable bonds is 11. The quantitative estimate of drug-likeness (QED) is 0.273. The topological polar surface area (TPSA) is 67.0 Å². The van der Waals surface area contributed by atoms with E-state index in [1.807, 2.05) is 18.5 Å². The van der Waals surface area contributed by atoms with Gasteiger partial charge in [0.1, 0.15) is 23.8 Å². The summed E-state index contributed by atoms with van der Waals surface area (Å²) in [5, 5.41) is 4.37. The molecule has 0 fully saturated rings. The van der Waals surface area contributed by atoms with Gasteiger partial charge in [0.25, 0.3) is 0 Å². The number of hydrogen-bond donors (Lipinski definition) is 0. The molecule has 174 valence electrons. The number of nitrogens with zero attached hydrogens (tertiary/aromatic N) is 5. The third-order valence-electron chi connectivity index (χ3n) is 4.60. The van der Waals surface area contributed by atoms with Crippen LogP contribution in [0, 0.1) is 0 Å². The Kier molecular flexibility index (Phi) is 7.99. The molecule has 0 aromatic carbocycles. The maximum Gasteiger partial charge on any atom is 0.146 e. The van der Waals surface area contributed by atoms with E-state index in [0.717, 1.165) is 45.8 Å². The van der Waals surface area contributed by atoms with Crippen LogP contribution < -0.4 is 4.84 Å². The van der Waals surface area contributed by atoms with E-state index in [1.165, 1.54) is 10.6 Å². The highest BCUT2D eigenvalue weighted by molar-refractivity contribution is 9.10.